The van der Waals surface area contributed by atoms with Crippen LogP contribution in [-0.4, -0.2) is 53.0 Å². The van der Waals surface area contributed by atoms with Crippen LogP contribution in [0.2, 0.25) is 0 Å². The van der Waals surface area contributed by atoms with Crippen molar-refractivity contribution in [3.8, 4) is 11.1 Å². The van der Waals surface area contributed by atoms with E-state index in [9.17, 15) is 19.5 Å². The predicted octanol–water partition coefficient (Wildman–Crippen LogP) is 3.04. The molecule has 0 saturated heterocycles. The maximum Gasteiger partial charge on any atom is 0.407 e. The summed E-state index contributed by atoms with van der Waals surface area (Å²) in [6.07, 6.45) is 0.830. The van der Waals surface area contributed by atoms with E-state index in [1.165, 1.54) is 6.92 Å². The Kier molecular flexibility index (Phi) is 6.88. The van der Waals surface area contributed by atoms with Gasteiger partial charge in [0.15, 0.2) is 0 Å². The highest BCUT2D eigenvalue weighted by molar-refractivity contribution is 5.80. The number of carboxylic acids is 1. The summed E-state index contributed by atoms with van der Waals surface area (Å²) in [5.74, 6) is -1.35. The Hall–Kier alpha value is -3.39. The zero-order chi connectivity index (χ0) is 24.3. The number of amides is 2. The van der Waals surface area contributed by atoms with Crippen molar-refractivity contribution in [1.29, 1.82) is 0 Å². The molecular weight excluding hydrogens is 436 g/mol. The molecule has 0 radical (unpaired) electrons. The quantitative estimate of drug-likeness (QED) is 0.427. The number of carboxylic acid groups (broad SMARTS) is 1. The van der Waals surface area contributed by atoms with Crippen LogP contribution < -0.4 is 10.6 Å². The van der Waals surface area contributed by atoms with Gasteiger partial charge in [-0.3, -0.25) is 9.59 Å². The first kappa shape index (κ1) is 23.8. The van der Waals surface area contributed by atoms with Crippen LogP contribution in [0.5, 0.6) is 0 Å². The number of carbonyl (C=O) groups is 3. The van der Waals surface area contributed by atoms with Crippen molar-refractivity contribution < 1.29 is 29.3 Å². The van der Waals surface area contributed by atoms with Gasteiger partial charge in [0.05, 0.1) is 12.0 Å². The third-order valence-electron chi connectivity index (χ3n) is 6.44. The number of ether oxygens (including phenoxy) is 1. The van der Waals surface area contributed by atoms with E-state index in [2.05, 4.69) is 34.9 Å². The van der Waals surface area contributed by atoms with Gasteiger partial charge in [0.25, 0.3) is 0 Å². The number of benzene rings is 2. The fraction of sp³-hybridized carbons (Fsp3) is 0.423. The Labute approximate surface area is 198 Å². The van der Waals surface area contributed by atoms with E-state index in [0.717, 1.165) is 35.1 Å². The minimum atomic E-state index is -1.54. The second-order valence-corrected chi connectivity index (χ2v) is 9.46. The number of hydrogen-bond acceptors (Lipinski definition) is 5. The smallest absolute Gasteiger partial charge is 0.407 e. The summed E-state index contributed by atoms with van der Waals surface area (Å²) in [4.78, 5) is 35.8. The molecule has 2 aliphatic carbocycles. The molecule has 1 fully saturated rings. The maximum absolute atomic E-state index is 12.6. The highest BCUT2D eigenvalue weighted by atomic mass is 16.5. The molecular formula is C26H30N2O6. The highest BCUT2D eigenvalue weighted by Crippen LogP contribution is 2.44. The van der Waals surface area contributed by atoms with E-state index in [0.29, 0.717) is 0 Å². The molecule has 4 rings (SSSR count). The Morgan fingerprint density at radius 3 is 2.21 bits per heavy atom. The lowest BCUT2D eigenvalue weighted by Gasteiger charge is -2.23. The molecule has 0 aromatic heterocycles. The van der Waals surface area contributed by atoms with Crippen molar-refractivity contribution in [3.05, 3.63) is 59.7 Å². The minimum Gasteiger partial charge on any atom is -0.481 e. The summed E-state index contributed by atoms with van der Waals surface area (Å²) in [6.45, 7) is 1.37. The van der Waals surface area contributed by atoms with Gasteiger partial charge >= 0.3 is 12.1 Å². The third-order valence-corrected chi connectivity index (χ3v) is 6.44. The Bertz CT molecular complexity index is 1030. The molecule has 0 spiro atoms. The SMILES string of the molecule is CC(O)(CNC(=O)CC(NC(=O)OCC1c2ccccc2-c2ccccc21)C1CC1)CC(=O)O. The number of hydrogen-bond donors (Lipinski definition) is 4. The van der Waals surface area contributed by atoms with Gasteiger partial charge in [-0.15, -0.1) is 0 Å². The molecule has 2 aromatic rings. The van der Waals surface area contributed by atoms with Crippen molar-refractivity contribution in [2.24, 2.45) is 5.92 Å². The summed E-state index contributed by atoms with van der Waals surface area (Å²) >= 11 is 0. The second-order valence-electron chi connectivity index (χ2n) is 9.46. The van der Waals surface area contributed by atoms with Crippen molar-refractivity contribution in [2.75, 3.05) is 13.2 Å². The van der Waals surface area contributed by atoms with Crippen molar-refractivity contribution >= 4 is 18.0 Å². The lowest BCUT2D eigenvalue weighted by atomic mass is 9.98. The summed E-state index contributed by atoms with van der Waals surface area (Å²) in [5, 5.41) is 24.3. The topological polar surface area (TPSA) is 125 Å². The van der Waals surface area contributed by atoms with Gasteiger partial charge in [0.1, 0.15) is 6.61 Å². The zero-order valence-corrected chi connectivity index (χ0v) is 19.1. The molecule has 8 heteroatoms. The second kappa shape index (κ2) is 9.85. The molecule has 2 amide bonds. The van der Waals surface area contributed by atoms with Gasteiger partial charge < -0.3 is 25.6 Å². The van der Waals surface area contributed by atoms with Gasteiger partial charge in [-0.2, -0.15) is 0 Å². The van der Waals surface area contributed by atoms with Crippen LogP contribution in [0, 0.1) is 5.92 Å². The van der Waals surface area contributed by atoms with E-state index in [-0.39, 0.29) is 43.4 Å². The minimum absolute atomic E-state index is 0.0397. The van der Waals surface area contributed by atoms with Crippen LogP contribution in [0.3, 0.4) is 0 Å². The van der Waals surface area contributed by atoms with E-state index in [1.807, 2.05) is 24.3 Å². The Morgan fingerprint density at radius 2 is 1.65 bits per heavy atom. The highest BCUT2D eigenvalue weighted by Gasteiger charge is 2.35. The molecule has 0 heterocycles. The number of carbonyl (C=O) groups excluding carboxylic acids is 2. The normalized spacial score (nSPS) is 17.1. The first-order chi connectivity index (χ1) is 16.2. The lowest BCUT2D eigenvalue weighted by molar-refractivity contribution is -0.142. The number of fused-ring (bicyclic) bond motifs is 3. The summed E-state index contributed by atoms with van der Waals surface area (Å²) in [6, 6.07) is 15.8. The summed E-state index contributed by atoms with van der Waals surface area (Å²) in [7, 11) is 0. The molecule has 4 N–H and O–H groups in total. The fourth-order valence-corrected chi connectivity index (χ4v) is 4.57. The molecule has 8 nitrogen and oxygen atoms in total. The van der Waals surface area contributed by atoms with E-state index in [1.54, 1.807) is 0 Å². The molecule has 34 heavy (non-hydrogen) atoms. The van der Waals surface area contributed by atoms with Crippen molar-refractivity contribution in [1.82, 2.24) is 10.6 Å². The zero-order valence-electron chi connectivity index (χ0n) is 19.1. The number of nitrogens with one attached hydrogen (secondary N) is 2. The van der Waals surface area contributed by atoms with Gasteiger partial charge in [-0.25, -0.2) is 4.79 Å². The summed E-state index contributed by atoms with van der Waals surface area (Å²) < 4.78 is 5.60. The first-order valence-corrected chi connectivity index (χ1v) is 11.6. The van der Waals surface area contributed by atoms with E-state index < -0.39 is 24.1 Å². The Morgan fingerprint density at radius 1 is 1.06 bits per heavy atom. The molecule has 2 aromatic carbocycles. The van der Waals surface area contributed by atoms with Gasteiger partial charge in [-0.1, -0.05) is 48.5 Å². The lowest BCUT2D eigenvalue weighted by Crippen LogP contribution is -2.45. The van der Waals surface area contributed by atoms with Crippen molar-refractivity contribution in [3.63, 3.8) is 0 Å². The van der Waals surface area contributed by atoms with E-state index in [4.69, 9.17) is 9.84 Å². The van der Waals surface area contributed by atoms with E-state index >= 15 is 0 Å². The predicted molar refractivity (Wildman–Crippen MR) is 125 cm³/mol. The van der Waals surface area contributed by atoms with Crippen LogP contribution in [-0.2, 0) is 14.3 Å². The molecule has 1 saturated carbocycles. The number of aliphatic carboxylic acids is 1. The summed E-state index contributed by atoms with van der Waals surface area (Å²) in [5.41, 5.74) is 3.01. The molecule has 0 aliphatic heterocycles. The van der Waals surface area contributed by atoms with Crippen LogP contribution in [0.25, 0.3) is 11.1 Å². The Balaban J connectivity index is 1.31. The maximum atomic E-state index is 12.6. The molecule has 2 unspecified atom stereocenters. The molecule has 2 aliphatic rings. The number of alkyl carbamates (subject to hydrolysis) is 1. The van der Waals surface area contributed by atoms with Crippen LogP contribution >= 0.6 is 0 Å². The van der Waals surface area contributed by atoms with Crippen LogP contribution in [0.1, 0.15) is 49.7 Å². The number of rotatable bonds is 10. The van der Waals surface area contributed by atoms with Crippen LogP contribution in [0.15, 0.2) is 48.5 Å². The third kappa shape index (κ3) is 5.75. The average Bonchev–Trinajstić information content (AvgIpc) is 3.58. The van der Waals surface area contributed by atoms with Gasteiger partial charge in [0, 0.05) is 24.9 Å². The standard InChI is InChI=1S/C26H30N2O6/c1-26(33,13-24(30)31)15-27-23(29)12-22(16-10-11-16)28-25(32)34-14-21-19-8-4-2-6-17(19)18-7-3-5-9-20(18)21/h2-9,16,21-22,33H,10-15H2,1H3,(H,27,29)(H,28,32)(H,30,31). The first-order valence-electron chi connectivity index (χ1n) is 11.6. The van der Waals surface area contributed by atoms with Gasteiger partial charge in [-0.05, 0) is 47.9 Å². The molecule has 2 atom stereocenters. The molecule has 180 valence electrons. The average molecular weight is 467 g/mol. The molecule has 0 bridgehead atoms. The van der Waals surface area contributed by atoms with Crippen molar-refractivity contribution in [2.45, 2.75) is 50.2 Å². The van der Waals surface area contributed by atoms with Crippen LogP contribution in [0.4, 0.5) is 4.79 Å². The monoisotopic (exact) mass is 466 g/mol. The number of aliphatic hydroxyl groups is 1. The largest absolute Gasteiger partial charge is 0.481 e. The fourth-order valence-electron chi connectivity index (χ4n) is 4.57. The van der Waals surface area contributed by atoms with Gasteiger partial charge in [0.2, 0.25) is 5.91 Å².